The van der Waals surface area contributed by atoms with Crippen LogP contribution in [0.3, 0.4) is 0 Å². The van der Waals surface area contributed by atoms with Crippen LogP contribution in [0.25, 0.3) is 0 Å². The minimum atomic E-state index is -0.733. The van der Waals surface area contributed by atoms with E-state index in [4.69, 9.17) is 27.9 Å². The minimum Gasteiger partial charge on any atom is -0.455 e. The van der Waals surface area contributed by atoms with Crippen LogP contribution in [0.4, 0.5) is 4.79 Å². The number of hydrogen-bond donors (Lipinski definition) is 2. The molecule has 0 saturated heterocycles. The van der Waals surface area contributed by atoms with Gasteiger partial charge in [0.1, 0.15) is 0 Å². The first-order valence-corrected chi connectivity index (χ1v) is 6.29. The molecule has 1 aromatic carbocycles. The van der Waals surface area contributed by atoms with Crippen LogP contribution in [0.1, 0.15) is 5.56 Å². The van der Waals surface area contributed by atoms with Crippen LogP contribution < -0.4 is 10.6 Å². The number of carbonyl (C=O) groups is 3. The average Bonchev–Trinajstić information content (AvgIpc) is 2.40. The molecule has 0 unspecified atom stereocenters. The highest BCUT2D eigenvalue weighted by molar-refractivity contribution is 6.36. The molecule has 0 fully saturated rings. The number of ether oxygens (including phenoxy) is 1. The molecule has 0 aliphatic carbocycles. The van der Waals surface area contributed by atoms with E-state index >= 15 is 0 Å². The number of imide groups is 1. The molecule has 0 heterocycles. The topological polar surface area (TPSA) is 84.5 Å². The molecule has 1 rings (SSSR count). The van der Waals surface area contributed by atoms with E-state index in [1.807, 2.05) is 5.32 Å². The molecule has 108 valence electrons. The fraction of sp³-hybridized carbons (Fsp3) is 0.250. The highest BCUT2D eigenvalue weighted by atomic mass is 35.5. The summed E-state index contributed by atoms with van der Waals surface area (Å²) in [4.78, 5) is 33.6. The molecule has 8 heteroatoms. The summed E-state index contributed by atoms with van der Waals surface area (Å²) in [5.74, 6) is -1.41. The number of rotatable bonds is 4. The third-order valence-electron chi connectivity index (χ3n) is 2.23. The van der Waals surface area contributed by atoms with Gasteiger partial charge < -0.3 is 10.1 Å². The average molecular weight is 319 g/mol. The third kappa shape index (κ3) is 5.07. The number of hydrogen-bond acceptors (Lipinski definition) is 4. The lowest BCUT2D eigenvalue weighted by Gasteiger charge is -2.07. The van der Waals surface area contributed by atoms with Gasteiger partial charge in [-0.05, 0) is 12.1 Å². The first kappa shape index (κ1) is 16.3. The van der Waals surface area contributed by atoms with Gasteiger partial charge in [-0.15, -0.1) is 0 Å². The Bertz CT molecular complexity index is 514. The van der Waals surface area contributed by atoms with Crippen molar-refractivity contribution in [3.05, 3.63) is 33.8 Å². The van der Waals surface area contributed by atoms with E-state index in [2.05, 4.69) is 5.32 Å². The van der Waals surface area contributed by atoms with Crippen molar-refractivity contribution in [2.24, 2.45) is 0 Å². The zero-order chi connectivity index (χ0) is 15.1. The second-order valence-electron chi connectivity index (χ2n) is 3.66. The zero-order valence-corrected chi connectivity index (χ0v) is 12.0. The summed E-state index contributed by atoms with van der Waals surface area (Å²) in [5, 5.41) is 4.82. The van der Waals surface area contributed by atoms with Crippen molar-refractivity contribution in [3.63, 3.8) is 0 Å². The highest BCUT2D eigenvalue weighted by Crippen LogP contribution is 2.24. The number of halogens is 2. The van der Waals surface area contributed by atoms with Crippen molar-refractivity contribution in [2.45, 2.75) is 6.42 Å². The summed E-state index contributed by atoms with van der Waals surface area (Å²) < 4.78 is 4.71. The smallest absolute Gasteiger partial charge is 0.321 e. The maximum absolute atomic E-state index is 11.6. The number of carbonyl (C=O) groups excluding carboxylic acids is 3. The Labute approximate surface area is 125 Å². The van der Waals surface area contributed by atoms with Crippen molar-refractivity contribution < 1.29 is 19.1 Å². The first-order valence-electron chi connectivity index (χ1n) is 5.54. The number of urea groups is 1. The first-order chi connectivity index (χ1) is 9.43. The summed E-state index contributed by atoms with van der Waals surface area (Å²) in [6.07, 6.45) is -0.161. The lowest BCUT2D eigenvalue weighted by Crippen LogP contribution is -2.39. The largest absolute Gasteiger partial charge is 0.455 e. The Morgan fingerprint density at radius 1 is 1.20 bits per heavy atom. The van der Waals surface area contributed by atoms with Crippen molar-refractivity contribution in [3.8, 4) is 0 Å². The summed E-state index contributed by atoms with van der Waals surface area (Å²) in [5.41, 5.74) is 0.424. The monoisotopic (exact) mass is 318 g/mol. The minimum absolute atomic E-state index is 0.161. The molecule has 2 N–H and O–H groups in total. The van der Waals surface area contributed by atoms with Crippen LogP contribution in [0.2, 0.25) is 10.0 Å². The van der Waals surface area contributed by atoms with Crippen LogP contribution in [-0.2, 0) is 20.7 Å². The van der Waals surface area contributed by atoms with Crippen molar-refractivity contribution in [1.29, 1.82) is 0 Å². The summed E-state index contributed by atoms with van der Waals surface area (Å²) in [6, 6.07) is 4.15. The standard InChI is InChI=1S/C12H12Cl2N2O4/c1-15-12(19)16-10(17)6-20-11(18)5-7-8(13)3-2-4-9(7)14/h2-4H,5-6H2,1H3,(H2,15,16,17,19). The number of amides is 3. The second kappa shape index (κ2) is 7.72. The van der Waals surface area contributed by atoms with Gasteiger partial charge in [0.05, 0.1) is 6.42 Å². The molecule has 0 bridgehead atoms. The number of nitrogens with one attached hydrogen (secondary N) is 2. The van der Waals surface area contributed by atoms with E-state index in [9.17, 15) is 14.4 Å². The molecule has 6 nitrogen and oxygen atoms in total. The van der Waals surface area contributed by atoms with E-state index in [1.54, 1.807) is 18.2 Å². The van der Waals surface area contributed by atoms with Gasteiger partial charge >= 0.3 is 12.0 Å². The Balaban J connectivity index is 2.48. The van der Waals surface area contributed by atoms with Crippen LogP contribution in [0.5, 0.6) is 0 Å². The molecule has 1 aromatic rings. The Morgan fingerprint density at radius 2 is 1.80 bits per heavy atom. The van der Waals surface area contributed by atoms with Crippen LogP contribution in [0.15, 0.2) is 18.2 Å². The molecule has 0 spiro atoms. The molecular formula is C12H12Cl2N2O4. The Morgan fingerprint density at radius 3 is 2.35 bits per heavy atom. The molecule has 0 aliphatic rings. The van der Waals surface area contributed by atoms with E-state index in [1.165, 1.54) is 7.05 Å². The Kier molecular flexibility index (Phi) is 6.27. The van der Waals surface area contributed by atoms with Gasteiger partial charge in [-0.3, -0.25) is 14.9 Å². The number of benzene rings is 1. The van der Waals surface area contributed by atoms with Crippen molar-refractivity contribution in [2.75, 3.05) is 13.7 Å². The molecule has 20 heavy (non-hydrogen) atoms. The van der Waals surface area contributed by atoms with Crippen LogP contribution in [-0.4, -0.2) is 31.6 Å². The van der Waals surface area contributed by atoms with Crippen LogP contribution >= 0.6 is 23.2 Å². The third-order valence-corrected chi connectivity index (χ3v) is 2.94. The maximum atomic E-state index is 11.6. The zero-order valence-electron chi connectivity index (χ0n) is 10.5. The quantitative estimate of drug-likeness (QED) is 0.825. The van der Waals surface area contributed by atoms with Gasteiger partial charge in [-0.25, -0.2) is 4.79 Å². The molecular weight excluding hydrogens is 307 g/mol. The molecule has 0 radical (unpaired) electrons. The van der Waals surface area contributed by atoms with Gasteiger partial charge in [0.2, 0.25) is 0 Å². The van der Waals surface area contributed by atoms with E-state index in [0.717, 1.165) is 0 Å². The summed E-state index contributed by atoms with van der Waals surface area (Å²) in [7, 11) is 1.36. The van der Waals surface area contributed by atoms with Gasteiger partial charge in [0.15, 0.2) is 6.61 Å². The predicted octanol–water partition coefficient (Wildman–Crippen LogP) is 1.53. The van der Waals surface area contributed by atoms with E-state index in [-0.39, 0.29) is 6.42 Å². The second-order valence-corrected chi connectivity index (χ2v) is 4.48. The fourth-order valence-corrected chi connectivity index (χ4v) is 1.80. The lowest BCUT2D eigenvalue weighted by molar-refractivity contribution is -0.147. The van der Waals surface area contributed by atoms with Crippen LogP contribution in [0, 0.1) is 0 Å². The summed E-state index contributed by atoms with van der Waals surface area (Å²) >= 11 is 11.8. The molecule has 3 amide bonds. The fourth-order valence-electron chi connectivity index (χ4n) is 1.27. The lowest BCUT2D eigenvalue weighted by atomic mass is 10.1. The summed E-state index contributed by atoms with van der Waals surface area (Å²) in [6.45, 7) is -0.561. The van der Waals surface area contributed by atoms with Crippen molar-refractivity contribution >= 4 is 41.1 Å². The van der Waals surface area contributed by atoms with Gasteiger partial charge in [-0.2, -0.15) is 0 Å². The highest BCUT2D eigenvalue weighted by Gasteiger charge is 2.14. The SMILES string of the molecule is CNC(=O)NC(=O)COC(=O)Cc1c(Cl)cccc1Cl. The van der Waals surface area contributed by atoms with Gasteiger partial charge in [0.25, 0.3) is 5.91 Å². The van der Waals surface area contributed by atoms with E-state index < -0.39 is 24.5 Å². The number of esters is 1. The molecule has 0 aromatic heterocycles. The van der Waals surface area contributed by atoms with Gasteiger partial charge in [0, 0.05) is 22.7 Å². The van der Waals surface area contributed by atoms with E-state index in [0.29, 0.717) is 15.6 Å². The molecule has 0 aliphatic heterocycles. The molecule has 0 atom stereocenters. The normalized spacial score (nSPS) is 9.75. The predicted molar refractivity (Wildman–Crippen MR) is 73.7 cm³/mol. The molecule has 0 saturated carbocycles. The Hall–Kier alpha value is -1.79. The van der Waals surface area contributed by atoms with Gasteiger partial charge in [-0.1, -0.05) is 29.3 Å². The maximum Gasteiger partial charge on any atom is 0.321 e. The van der Waals surface area contributed by atoms with Crippen molar-refractivity contribution in [1.82, 2.24) is 10.6 Å².